The van der Waals surface area contributed by atoms with Crippen LogP contribution in [-0.2, 0) is 17.5 Å². The van der Waals surface area contributed by atoms with Crippen LogP contribution in [0.3, 0.4) is 0 Å². The Morgan fingerprint density at radius 3 is 2.53 bits per heavy atom. The molecule has 19 heavy (non-hydrogen) atoms. The molecular weight excluding hydrogens is 259 g/mol. The van der Waals surface area contributed by atoms with Crippen LogP contribution in [0, 0.1) is 0 Å². The molecule has 106 valence electrons. The van der Waals surface area contributed by atoms with E-state index in [2.05, 4.69) is 5.32 Å². The number of halogens is 3. The van der Waals surface area contributed by atoms with E-state index < -0.39 is 17.6 Å². The molecule has 1 aromatic rings. The summed E-state index contributed by atoms with van der Waals surface area (Å²) < 4.78 is 39.0. The molecule has 0 aliphatic carbocycles. The first kappa shape index (κ1) is 15.3. The van der Waals surface area contributed by atoms with Crippen molar-refractivity contribution in [2.24, 2.45) is 5.73 Å². The first-order valence-corrected chi connectivity index (χ1v) is 5.60. The van der Waals surface area contributed by atoms with E-state index in [0.717, 1.165) is 6.07 Å². The Morgan fingerprint density at radius 2 is 2.05 bits per heavy atom. The van der Waals surface area contributed by atoms with Crippen LogP contribution in [0.15, 0.2) is 18.2 Å². The van der Waals surface area contributed by atoms with E-state index >= 15 is 0 Å². The normalized spacial score (nSPS) is 11.4. The third kappa shape index (κ3) is 4.13. The van der Waals surface area contributed by atoms with Gasteiger partial charge < -0.3 is 16.0 Å². The highest BCUT2D eigenvalue weighted by atomic mass is 19.4. The third-order valence-electron chi connectivity index (χ3n) is 2.55. The van der Waals surface area contributed by atoms with Crippen molar-refractivity contribution in [2.75, 3.05) is 25.5 Å². The topological polar surface area (TPSA) is 58.4 Å². The van der Waals surface area contributed by atoms with Crippen molar-refractivity contribution in [1.82, 2.24) is 5.32 Å². The molecule has 0 atom stereocenters. The molecule has 0 aliphatic rings. The van der Waals surface area contributed by atoms with Crippen molar-refractivity contribution in [3.8, 4) is 0 Å². The van der Waals surface area contributed by atoms with Gasteiger partial charge >= 0.3 is 6.18 Å². The number of nitrogens with one attached hydrogen (secondary N) is 1. The highest BCUT2D eigenvalue weighted by Gasteiger charge is 2.34. The molecule has 4 nitrogen and oxygen atoms in total. The average Bonchev–Trinajstić information content (AvgIpc) is 2.27. The number of carbonyl (C=O) groups excluding carboxylic acids is 1. The van der Waals surface area contributed by atoms with Gasteiger partial charge in [0.15, 0.2) is 0 Å². The Balaban J connectivity index is 3.19. The first-order valence-electron chi connectivity index (χ1n) is 5.60. The highest BCUT2D eigenvalue weighted by molar-refractivity contribution is 5.79. The molecular formula is C12H16F3N3O. The molecule has 0 aliphatic heterocycles. The molecule has 0 spiro atoms. The molecule has 0 saturated carbocycles. The predicted molar refractivity (Wildman–Crippen MR) is 66.7 cm³/mol. The van der Waals surface area contributed by atoms with Gasteiger partial charge in [-0.3, -0.25) is 4.79 Å². The summed E-state index contributed by atoms with van der Waals surface area (Å²) in [6.45, 7) is 0.0668. The van der Waals surface area contributed by atoms with Crippen LogP contribution in [0.25, 0.3) is 0 Å². The molecule has 7 heteroatoms. The number of nitrogens with two attached hydrogens (primary N) is 1. The van der Waals surface area contributed by atoms with Gasteiger partial charge in [0.1, 0.15) is 0 Å². The lowest BCUT2D eigenvalue weighted by atomic mass is 10.1. The van der Waals surface area contributed by atoms with Crippen LogP contribution in [0.2, 0.25) is 0 Å². The van der Waals surface area contributed by atoms with Crippen molar-refractivity contribution in [1.29, 1.82) is 0 Å². The van der Waals surface area contributed by atoms with Gasteiger partial charge in [0.25, 0.3) is 0 Å². The zero-order valence-electron chi connectivity index (χ0n) is 10.7. The summed E-state index contributed by atoms with van der Waals surface area (Å²) in [6, 6.07) is 4.00. The van der Waals surface area contributed by atoms with Gasteiger partial charge in [-0.2, -0.15) is 13.2 Å². The lowest BCUT2D eigenvalue weighted by Crippen LogP contribution is -2.32. The second-order valence-corrected chi connectivity index (χ2v) is 4.20. The minimum Gasteiger partial charge on any atom is -0.368 e. The van der Waals surface area contributed by atoms with Crippen LogP contribution in [0.1, 0.15) is 11.1 Å². The molecule has 0 saturated heterocycles. The molecule has 1 aromatic carbocycles. The molecule has 0 bridgehead atoms. The number of alkyl halides is 3. The third-order valence-corrected chi connectivity index (χ3v) is 2.55. The second kappa shape index (κ2) is 5.92. The molecule has 0 fully saturated rings. The zero-order valence-corrected chi connectivity index (χ0v) is 10.7. The van der Waals surface area contributed by atoms with Crippen LogP contribution in [0.5, 0.6) is 0 Å². The van der Waals surface area contributed by atoms with Crippen LogP contribution < -0.4 is 16.0 Å². The summed E-state index contributed by atoms with van der Waals surface area (Å²) >= 11 is 0. The summed E-state index contributed by atoms with van der Waals surface area (Å²) in [5.74, 6) is -0.685. The average molecular weight is 275 g/mol. The Bertz CT molecular complexity index is 460. The monoisotopic (exact) mass is 275 g/mol. The molecule has 1 rings (SSSR count). The van der Waals surface area contributed by atoms with Crippen molar-refractivity contribution in [2.45, 2.75) is 12.7 Å². The number of anilines is 1. The van der Waals surface area contributed by atoms with E-state index in [1.54, 1.807) is 13.1 Å². The molecule has 3 N–H and O–H groups in total. The number of hydrogen-bond donors (Lipinski definition) is 2. The number of primary amides is 1. The van der Waals surface area contributed by atoms with Crippen molar-refractivity contribution < 1.29 is 18.0 Å². The van der Waals surface area contributed by atoms with Crippen molar-refractivity contribution >= 4 is 11.6 Å². The lowest BCUT2D eigenvalue weighted by Gasteiger charge is -2.23. The van der Waals surface area contributed by atoms with Gasteiger partial charge in [-0.1, -0.05) is 6.07 Å². The highest BCUT2D eigenvalue weighted by Crippen LogP contribution is 2.36. The Labute approximate surface area is 109 Å². The zero-order chi connectivity index (χ0) is 14.6. The Hall–Kier alpha value is -1.76. The number of carbonyl (C=O) groups is 1. The first-order chi connectivity index (χ1) is 8.75. The predicted octanol–water partition coefficient (Wildman–Crippen LogP) is 1.35. The number of amides is 1. The summed E-state index contributed by atoms with van der Waals surface area (Å²) in [4.78, 5) is 12.0. The summed E-state index contributed by atoms with van der Waals surface area (Å²) in [6.07, 6.45) is -4.48. The largest absolute Gasteiger partial charge is 0.418 e. The molecule has 0 unspecified atom stereocenters. The van der Waals surface area contributed by atoms with E-state index in [1.807, 2.05) is 0 Å². The second-order valence-electron chi connectivity index (χ2n) is 4.20. The fourth-order valence-corrected chi connectivity index (χ4v) is 1.78. The van der Waals surface area contributed by atoms with E-state index in [-0.39, 0.29) is 12.2 Å². The maximum atomic E-state index is 13.0. The molecule has 1 amide bonds. The quantitative estimate of drug-likeness (QED) is 0.852. The van der Waals surface area contributed by atoms with Crippen LogP contribution >= 0.6 is 0 Å². The summed E-state index contributed by atoms with van der Waals surface area (Å²) in [5, 5.41) is 2.79. The standard InChI is InChI=1S/C12H16F3N3O/c1-17-6-8-3-4-10(18(2)7-11(16)19)9(5-8)12(13,14)15/h3-5,17H,6-7H2,1-2H3,(H2,16,19). The fraction of sp³-hybridized carbons (Fsp3) is 0.417. The molecule has 0 heterocycles. The van der Waals surface area contributed by atoms with E-state index in [4.69, 9.17) is 5.73 Å². The molecule has 0 aromatic heterocycles. The number of rotatable bonds is 5. The van der Waals surface area contributed by atoms with E-state index in [9.17, 15) is 18.0 Å². The minimum atomic E-state index is -4.48. The minimum absolute atomic E-state index is 0.0637. The van der Waals surface area contributed by atoms with Gasteiger partial charge in [-0.25, -0.2) is 0 Å². The van der Waals surface area contributed by atoms with Crippen molar-refractivity contribution in [3.63, 3.8) is 0 Å². The van der Waals surface area contributed by atoms with Crippen LogP contribution in [-0.4, -0.2) is 26.5 Å². The maximum Gasteiger partial charge on any atom is 0.418 e. The number of benzene rings is 1. The maximum absolute atomic E-state index is 13.0. The van der Waals surface area contributed by atoms with Gasteiger partial charge in [-0.05, 0) is 24.7 Å². The van der Waals surface area contributed by atoms with Gasteiger partial charge in [0, 0.05) is 19.3 Å². The Kier molecular flexibility index (Phi) is 4.77. The Morgan fingerprint density at radius 1 is 1.42 bits per heavy atom. The van der Waals surface area contributed by atoms with Gasteiger partial charge in [0.05, 0.1) is 12.1 Å². The lowest BCUT2D eigenvalue weighted by molar-refractivity contribution is -0.137. The van der Waals surface area contributed by atoms with Crippen LogP contribution in [0.4, 0.5) is 18.9 Å². The van der Waals surface area contributed by atoms with E-state index in [1.165, 1.54) is 18.0 Å². The smallest absolute Gasteiger partial charge is 0.368 e. The van der Waals surface area contributed by atoms with Crippen molar-refractivity contribution in [3.05, 3.63) is 29.3 Å². The SMILES string of the molecule is CNCc1ccc(N(C)CC(N)=O)c(C(F)(F)F)c1. The molecule has 0 radical (unpaired) electrons. The van der Waals surface area contributed by atoms with E-state index in [0.29, 0.717) is 12.1 Å². The number of likely N-dealkylation sites (N-methyl/N-ethyl adjacent to an activating group) is 1. The number of nitrogens with zero attached hydrogens (tertiary/aromatic N) is 1. The van der Waals surface area contributed by atoms with Gasteiger partial charge in [-0.15, -0.1) is 0 Å². The summed E-state index contributed by atoms with van der Waals surface area (Å²) in [7, 11) is 3.05. The van der Waals surface area contributed by atoms with Gasteiger partial charge in [0.2, 0.25) is 5.91 Å². The number of hydrogen-bond acceptors (Lipinski definition) is 3. The summed E-state index contributed by atoms with van der Waals surface area (Å²) in [5.41, 5.74) is 4.68. The fourth-order valence-electron chi connectivity index (χ4n) is 1.78.